The van der Waals surface area contributed by atoms with Crippen molar-refractivity contribution in [1.82, 2.24) is 0 Å². The van der Waals surface area contributed by atoms with Crippen molar-refractivity contribution in [2.75, 3.05) is 0 Å². The summed E-state index contributed by atoms with van der Waals surface area (Å²) < 4.78 is 0. The highest BCUT2D eigenvalue weighted by molar-refractivity contribution is 5.66. The smallest absolute Gasteiger partial charge is 0.303 e. The van der Waals surface area contributed by atoms with Crippen LogP contribution < -0.4 is 0 Å². The van der Waals surface area contributed by atoms with E-state index in [1.807, 2.05) is 0 Å². The maximum Gasteiger partial charge on any atom is 0.303 e. The summed E-state index contributed by atoms with van der Waals surface area (Å²) in [7, 11) is 0. The van der Waals surface area contributed by atoms with Crippen LogP contribution in [0.2, 0.25) is 0 Å². The topological polar surface area (TPSA) is 98.0 Å². The van der Waals surface area contributed by atoms with E-state index in [4.69, 9.17) is 5.11 Å². The summed E-state index contributed by atoms with van der Waals surface area (Å²) in [6.07, 6.45) is 12.4. The van der Waals surface area contributed by atoms with Crippen molar-refractivity contribution in [3.63, 3.8) is 0 Å². The molecule has 1 rings (SSSR count). The van der Waals surface area contributed by atoms with Gasteiger partial charge in [-0.15, -0.1) is 0 Å². The summed E-state index contributed by atoms with van der Waals surface area (Å²) in [4.78, 5) is 10.5. The van der Waals surface area contributed by atoms with E-state index in [0.29, 0.717) is 25.7 Å². The Hall–Kier alpha value is -1.17. The molecule has 0 aliphatic heterocycles. The number of rotatable bonds is 12. The molecule has 1 aliphatic rings. The third-order valence-electron chi connectivity index (χ3n) is 4.91. The van der Waals surface area contributed by atoms with Gasteiger partial charge in [0.15, 0.2) is 0 Å². The minimum Gasteiger partial charge on any atom is -0.481 e. The lowest BCUT2D eigenvalue weighted by molar-refractivity contribution is -0.137. The van der Waals surface area contributed by atoms with E-state index in [1.165, 1.54) is 19.3 Å². The number of carboxylic acids is 1. The number of allylic oxidation sites excluding steroid dienone is 2. The second kappa shape index (κ2) is 12.2. The number of hydrogen-bond donors (Lipinski definition) is 4. The zero-order valence-corrected chi connectivity index (χ0v) is 15.3. The van der Waals surface area contributed by atoms with Gasteiger partial charge in [0.1, 0.15) is 0 Å². The fraction of sp³-hybridized carbons (Fsp3) is 0.750. The quantitative estimate of drug-likeness (QED) is 0.319. The second-order valence-electron chi connectivity index (χ2n) is 7.05. The normalized spacial score (nSPS) is 28.2. The molecule has 0 aromatic heterocycles. The van der Waals surface area contributed by atoms with Gasteiger partial charge in [-0.3, -0.25) is 4.79 Å². The van der Waals surface area contributed by atoms with Crippen molar-refractivity contribution in [2.45, 2.75) is 83.0 Å². The summed E-state index contributed by atoms with van der Waals surface area (Å²) in [5, 5.41) is 38.9. The van der Waals surface area contributed by atoms with E-state index in [1.54, 1.807) is 12.2 Å². The van der Waals surface area contributed by atoms with Crippen LogP contribution in [-0.2, 0) is 4.79 Å². The lowest BCUT2D eigenvalue weighted by Gasteiger charge is -2.19. The van der Waals surface area contributed by atoms with E-state index < -0.39 is 24.3 Å². The van der Waals surface area contributed by atoms with Crippen molar-refractivity contribution in [1.29, 1.82) is 0 Å². The third kappa shape index (κ3) is 8.66. The number of carboxylic acid groups (broad SMARTS) is 1. The van der Waals surface area contributed by atoms with Crippen LogP contribution in [0.15, 0.2) is 24.3 Å². The van der Waals surface area contributed by atoms with Gasteiger partial charge in [-0.25, -0.2) is 0 Å². The summed E-state index contributed by atoms with van der Waals surface area (Å²) in [6.45, 7) is 2.17. The van der Waals surface area contributed by atoms with Gasteiger partial charge < -0.3 is 20.4 Å². The number of aliphatic carboxylic acids is 1. The van der Waals surface area contributed by atoms with Crippen LogP contribution >= 0.6 is 0 Å². The van der Waals surface area contributed by atoms with Crippen LogP contribution in [0.1, 0.15) is 64.7 Å². The van der Waals surface area contributed by atoms with E-state index in [9.17, 15) is 20.1 Å². The van der Waals surface area contributed by atoms with Crippen molar-refractivity contribution in [3.05, 3.63) is 24.3 Å². The fourth-order valence-electron chi connectivity index (χ4n) is 3.41. The van der Waals surface area contributed by atoms with Crippen LogP contribution in [0.5, 0.6) is 0 Å². The van der Waals surface area contributed by atoms with Crippen LogP contribution in [0, 0.1) is 11.8 Å². The highest BCUT2D eigenvalue weighted by Crippen LogP contribution is 2.36. The molecule has 0 bridgehead atoms. The molecule has 25 heavy (non-hydrogen) atoms. The van der Waals surface area contributed by atoms with Crippen LogP contribution in [0.3, 0.4) is 0 Å². The Morgan fingerprint density at radius 2 is 1.92 bits per heavy atom. The maximum absolute atomic E-state index is 10.5. The largest absolute Gasteiger partial charge is 0.481 e. The molecule has 5 nitrogen and oxygen atoms in total. The Labute approximate surface area is 151 Å². The van der Waals surface area contributed by atoms with Crippen LogP contribution in [0.4, 0.5) is 0 Å². The van der Waals surface area contributed by atoms with Gasteiger partial charge in [-0.2, -0.15) is 0 Å². The minimum absolute atomic E-state index is 0.0418. The Morgan fingerprint density at radius 3 is 2.60 bits per heavy atom. The molecular weight excluding hydrogens is 320 g/mol. The number of hydrogen-bond acceptors (Lipinski definition) is 4. The van der Waals surface area contributed by atoms with Crippen molar-refractivity contribution < 1.29 is 25.2 Å². The molecule has 0 spiro atoms. The van der Waals surface area contributed by atoms with Gasteiger partial charge in [-0.05, 0) is 38.0 Å². The van der Waals surface area contributed by atoms with Crippen LogP contribution in [0.25, 0.3) is 0 Å². The molecule has 0 radical (unpaired) electrons. The van der Waals surface area contributed by atoms with E-state index in [-0.39, 0.29) is 18.3 Å². The number of aliphatic hydroxyl groups excluding tert-OH is 3. The Kier molecular flexibility index (Phi) is 10.7. The van der Waals surface area contributed by atoms with Gasteiger partial charge in [0.2, 0.25) is 0 Å². The summed E-state index contributed by atoms with van der Waals surface area (Å²) in [5.41, 5.74) is 0. The lowest BCUT2D eigenvalue weighted by atomic mass is 9.89. The van der Waals surface area contributed by atoms with Crippen molar-refractivity contribution in [2.24, 2.45) is 11.8 Å². The molecule has 0 amide bonds. The second-order valence-corrected chi connectivity index (χ2v) is 7.05. The van der Waals surface area contributed by atoms with Gasteiger partial charge in [0.25, 0.3) is 0 Å². The summed E-state index contributed by atoms with van der Waals surface area (Å²) >= 11 is 0. The first-order chi connectivity index (χ1) is 12.0. The molecule has 0 saturated heterocycles. The molecule has 1 fully saturated rings. The van der Waals surface area contributed by atoms with Gasteiger partial charge in [-0.1, -0.05) is 44.1 Å². The lowest BCUT2D eigenvalue weighted by Crippen LogP contribution is -2.20. The maximum atomic E-state index is 10.5. The molecule has 0 aromatic carbocycles. The number of carbonyl (C=O) groups is 1. The minimum atomic E-state index is -0.865. The van der Waals surface area contributed by atoms with E-state index in [0.717, 1.165) is 6.42 Å². The third-order valence-corrected chi connectivity index (χ3v) is 4.91. The fourth-order valence-corrected chi connectivity index (χ4v) is 3.41. The SMILES string of the molecule is CCCCC/C=C/CC1C(O)CC(O)C1/C=C/C(O)CCCC(=O)O. The molecule has 4 N–H and O–H groups in total. The van der Waals surface area contributed by atoms with Gasteiger partial charge >= 0.3 is 5.97 Å². The zero-order chi connectivity index (χ0) is 18.7. The van der Waals surface area contributed by atoms with Crippen molar-refractivity contribution in [3.8, 4) is 0 Å². The molecule has 0 aromatic rings. The Morgan fingerprint density at radius 1 is 1.16 bits per heavy atom. The average molecular weight is 354 g/mol. The van der Waals surface area contributed by atoms with Gasteiger partial charge in [0.05, 0.1) is 18.3 Å². The Balaban J connectivity index is 2.47. The monoisotopic (exact) mass is 354 g/mol. The summed E-state index contributed by atoms with van der Waals surface area (Å²) in [6, 6.07) is 0. The predicted octanol–water partition coefficient (Wildman–Crippen LogP) is 3.04. The molecule has 1 saturated carbocycles. The molecule has 144 valence electrons. The molecule has 0 heterocycles. The van der Waals surface area contributed by atoms with E-state index >= 15 is 0 Å². The molecule has 5 atom stereocenters. The summed E-state index contributed by atoms with van der Waals surface area (Å²) in [5.74, 6) is -1.08. The number of aliphatic hydroxyl groups is 3. The molecule has 5 unspecified atom stereocenters. The standard InChI is InChI=1S/C20H34O5/c1-2-3-4-5-6-7-10-16-17(19(23)14-18(16)22)13-12-15(21)9-8-11-20(24)25/h6-7,12-13,15-19,21-23H,2-5,8-11,14H2,1H3,(H,24,25)/b7-6+,13-12+. The predicted molar refractivity (Wildman–Crippen MR) is 98.1 cm³/mol. The van der Waals surface area contributed by atoms with Crippen molar-refractivity contribution >= 4 is 5.97 Å². The van der Waals surface area contributed by atoms with Gasteiger partial charge in [0, 0.05) is 18.8 Å². The van der Waals surface area contributed by atoms with Crippen LogP contribution in [-0.4, -0.2) is 44.7 Å². The first-order valence-corrected chi connectivity index (χ1v) is 9.55. The molecular formula is C20H34O5. The zero-order valence-electron chi connectivity index (χ0n) is 15.3. The molecule has 1 aliphatic carbocycles. The highest BCUT2D eigenvalue weighted by Gasteiger charge is 2.39. The number of unbranched alkanes of at least 4 members (excludes halogenated alkanes) is 3. The van der Waals surface area contributed by atoms with E-state index in [2.05, 4.69) is 19.1 Å². The highest BCUT2D eigenvalue weighted by atomic mass is 16.4. The average Bonchev–Trinajstić information content (AvgIpc) is 2.81. The Bertz CT molecular complexity index is 432. The first-order valence-electron chi connectivity index (χ1n) is 9.55. The molecule has 5 heteroatoms. The first kappa shape index (κ1) is 21.9.